The molecule has 1 spiro atoms. The van der Waals surface area contributed by atoms with Gasteiger partial charge in [0.05, 0.1) is 11.6 Å². The van der Waals surface area contributed by atoms with Crippen molar-refractivity contribution in [3.63, 3.8) is 0 Å². The lowest BCUT2D eigenvalue weighted by Crippen LogP contribution is -2.77. The Kier molecular flexibility index (Phi) is 6.10. The van der Waals surface area contributed by atoms with E-state index in [1.54, 1.807) is 6.07 Å². The summed E-state index contributed by atoms with van der Waals surface area (Å²) in [4.78, 5) is 14.9. The van der Waals surface area contributed by atoms with Gasteiger partial charge in [-0.15, -0.1) is 0 Å². The van der Waals surface area contributed by atoms with Crippen molar-refractivity contribution in [3.05, 3.63) is 151 Å². The molecule has 0 bridgehead atoms. The van der Waals surface area contributed by atoms with Crippen molar-refractivity contribution in [3.8, 4) is 63.2 Å². The lowest BCUT2D eigenvalue weighted by atomic mass is 10.1. The number of hydrogen-bond acceptors (Lipinski definition) is 6. The van der Waals surface area contributed by atoms with Gasteiger partial charge in [-0.1, -0.05) is 97.1 Å². The Hall–Kier alpha value is -6.36. The summed E-state index contributed by atoms with van der Waals surface area (Å²) in [6.07, 6.45) is 0. The molecule has 2 aliphatic heterocycles. The molecular weight excluding hydrogens is 597 g/mol. The van der Waals surface area contributed by atoms with Gasteiger partial charge in [-0.05, 0) is 69.3 Å². The zero-order valence-corrected chi connectivity index (χ0v) is 26.0. The lowest BCUT2D eigenvalue weighted by molar-refractivity contribution is 0.481. The Balaban J connectivity index is 1.32. The van der Waals surface area contributed by atoms with E-state index in [9.17, 15) is 5.26 Å². The molecule has 0 aliphatic carbocycles. The zero-order chi connectivity index (χ0) is 31.4. The molecule has 6 nitrogen and oxygen atoms in total. The minimum atomic E-state index is -2.94. The monoisotopic (exact) mass is 620 g/mol. The Bertz CT molecular complexity index is 2300. The number of rotatable bonds is 3. The average Bonchev–Trinajstić information content (AvgIpc) is 3.15. The average molecular weight is 621 g/mol. The van der Waals surface area contributed by atoms with Gasteiger partial charge in [0.15, 0.2) is 25.5 Å². The summed E-state index contributed by atoms with van der Waals surface area (Å²) >= 11 is 0. The first-order valence-corrected chi connectivity index (χ1v) is 17.3. The molecule has 6 aromatic carbocycles. The molecule has 0 radical (unpaired) electrons. The highest BCUT2D eigenvalue weighted by atomic mass is 28.3. The van der Waals surface area contributed by atoms with Crippen LogP contribution in [0.1, 0.15) is 5.56 Å². The van der Waals surface area contributed by atoms with Crippen LogP contribution in [0.5, 0.6) is 23.0 Å². The summed E-state index contributed by atoms with van der Waals surface area (Å²) in [7, 11) is -2.94. The first-order valence-electron chi connectivity index (χ1n) is 15.3. The summed E-state index contributed by atoms with van der Waals surface area (Å²) < 4.78 is 13.2. The van der Waals surface area contributed by atoms with E-state index in [-0.39, 0.29) is 0 Å². The highest BCUT2D eigenvalue weighted by molar-refractivity contribution is 7.21. The predicted octanol–water partition coefficient (Wildman–Crippen LogP) is 6.33. The molecule has 0 amide bonds. The van der Waals surface area contributed by atoms with Crippen LogP contribution in [0.15, 0.2) is 146 Å². The first-order chi connectivity index (χ1) is 23.2. The number of benzene rings is 6. The van der Waals surface area contributed by atoms with Crippen LogP contribution >= 0.6 is 0 Å². The fourth-order valence-electron chi connectivity index (χ4n) is 6.83. The molecule has 9 rings (SSSR count). The standard InChI is InChI=1S/C40H24N4O2Si/c41-25-26-11-10-14-28(23-26)39-42-38(27-12-2-1-3-13-27)43-40(44-39)29-21-22-33-37(24-29)47(36-20-9-6-17-32(36)46-33)34-18-7-4-15-30(34)45-31-16-5-8-19-35(31)47/h1-24H. The van der Waals surface area contributed by atoms with Gasteiger partial charge in [0.25, 0.3) is 0 Å². The van der Waals surface area contributed by atoms with Gasteiger partial charge in [0, 0.05) is 16.7 Å². The molecule has 0 unspecified atom stereocenters. The summed E-state index contributed by atoms with van der Waals surface area (Å²) in [6.45, 7) is 0. The van der Waals surface area contributed by atoms with E-state index in [2.05, 4.69) is 66.7 Å². The van der Waals surface area contributed by atoms with Crippen molar-refractivity contribution in [2.45, 2.75) is 0 Å². The number of ether oxygens (including phenoxy) is 2. The number of nitriles is 1. The topological polar surface area (TPSA) is 80.9 Å². The normalized spacial score (nSPS) is 13.2. The van der Waals surface area contributed by atoms with Crippen molar-refractivity contribution < 1.29 is 9.47 Å². The second kappa shape index (κ2) is 10.6. The van der Waals surface area contributed by atoms with Crippen LogP contribution in [0.2, 0.25) is 0 Å². The molecule has 7 aromatic rings. The second-order valence-electron chi connectivity index (χ2n) is 11.5. The molecule has 0 saturated heterocycles. The molecule has 0 saturated carbocycles. The Morgan fingerprint density at radius 2 is 0.894 bits per heavy atom. The second-order valence-corrected chi connectivity index (χ2v) is 15.2. The zero-order valence-electron chi connectivity index (χ0n) is 25.0. The summed E-state index contributed by atoms with van der Waals surface area (Å²) in [5.41, 5.74) is 3.01. The van der Waals surface area contributed by atoms with Gasteiger partial charge in [0.1, 0.15) is 23.0 Å². The third-order valence-corrected chi connectivity index (χ3v) is 13.7. The summed E-state index contributed by atoms with van der Waals surface area (Å²) in [5.74, 6) is 4.98. The minimum absolute atomic E-state index is 0.499. The van der Waals surface area contributed by atoms with Gasteiger partial charge >= 0.3 is 0 Å². The maximum atomic E-state index is 9.60. The Labute approximate surface area is 272 Å². The van der Waals surface area contributed by atoms with Gasteiger partial charge in [-0.2, -0.15) is 5.26 Å². The largest absolute Gasteiger partial charge is 0.458 e. The van der Waals surface area contributed by atoms with E-state index in [4.69, 9.17) is 24.4 Å². The lowest BCUT2D eigenvalue weighted by Gasteiger charge is -2.43. The third-order valence-electron chi connectivity index (χ3n) is 8.87. The Morgan fingerprint density at radius 1 is 0.426 bits per heavy atom. The van der Waals surface area contributed by atoms with Crippen LogP contribution < -0.4 is 30.2 Å². The van der Waals surface area contributed by atoms with Crippen molar-refractivity contribution in [2.75, 3.05) is 0 Å². The van der Waals surface area contributed by atoms with Crippen LogP contribution in [0.3, 0.4) is 0 Å². The fourth-order valence-corrected chi connectivity index (χ4v) is 12.0. The van der Waals surface area contributed by atoms with E-state index in [1.807, 2.05) is 78.9 Å². The van der Waals surface area contributed by atoms with Crippen LogP contribution in [0.25, 0.3) is 34.2 Å². The number of nitrogens with zero attached hydrogens (tertiary/aromatic N) is 4. The summed E-state index contributed by atoms with van der Waals surface area (Å²) in [6, 6.07) is 50.9. The van der Waals surface area contributed by atoms with Crippen molar-refractivity contribution in [1.82, 2.24) is 15.0 Å². The molecule has 3 heterocycles. The molecule has 7 heteroatoms. The third kappa shape index (κ3) is 4.20. The van der Waals surface area contributed by atoms with E-state index < -0.39 is 8.07 Å². The van der Waals surface area contributed by atoms with Crippen LogP contribution in [0, 0.1) is 11.3 Å². The number of hydrogen-bond donors (Lipinski definition) is 0. The Morgan fingerprint density at radius 3 is 1.47 bits per heavy atom. The smallest absolute Gasteiger partial charge is 0.196 e. The molecule has 0 atom stereocenters. The van der Waals surface area contributed by atoms with E-state index in [0.29, 0.717) is 23.0 Å². The highest BCUT2D eigenvalue weighted by Gasteiger charge is 2.53. The van der Waals surface area contributed by atoms with Crippen LogP contribution in [0.4, 0.5) is 0 Å². The number of fused-ring (bicyclic) bond motifs is 8. The molecule has 2 aliphatic rings. The minimum Gasteiger partial charge on any atom is -0.458 e. The first kappa shape index (κ1) is 27.0. The van der Waals surface area contributed by atoms with Gasteiger partial charge in [0.2, 0.25) is 0 Å². The van der Waals surface area contributed by atoms with Gasteiger partial charge in [-0.3, -0.25) is 0 Å². The van der Waals surface area contributed by atoms with Gasteiger partial charge in [-0.25, -0.2) is 15.0 Å². The quantitative estimate of drug-likeness (QED) is 0.215. The highest BCUT2D eigenvalue weighted by Crippen LogP contribution is 2.37. The van der Waals surface area contributed by atoms with Crippen molar-refractivity contribution >= 4 is 28.8 Å². The maximum Gasteiger partial charge on any atom is 0.196 e. The van der Waals surface area contributed by atoms with E-state index in [0.717, 1.165) is 44.9 Å². The van der Waals surface area contributed by atoms with Crippen molar-refractivity contribution in [2.24, 2.45) is 0 Å². The maximum absolute atomic E-state index is 9.60. The van der Waals surface area contributed by atoms with Crippen LogP contribution in [-0.4, -0.2) is 23.0 Å². The molecule has 0 N–H and O–H groups in total. The fraction of sp³-hybridized carbons (Fsp3) is 0. The SMILES string of the molecule is N#Cc1cccc(-c2nc(-c3ccccc3)nc(-c3ccc4c(c3)[Si]3(c5ccccc5Oc5ccccc53)c3ccccc3O4)n2)c1. The van der Waals surface area contributed by atoms with Crippen molar-refractivity contribution in [1.29, 1.82) is 5.26 Å². The molecule has 47 heavy (non-hydrogen) atoms. The van der Waals surface area contributed by atoms with E-state index >= 15 is 0 Å². The van der Waals surface area contributed by atoms with E-state index in [1.165, 1.54) is 15.6 Å². The number of para-hydroxylation sites is 3. The number of aromatic nitrogens is 3. The molecule has 220 valence electrons. The molecule has 1 aromatic heterocycles. The van der Waals surface area contributed by atoms with Crippen LogP contribution in [-0.2, 0) is 0 Å². The molecule has 0 fully saturated rings. The molecular formula is C40H24N4O2Si. The predicted molar refractivity (Wildman–Crippen MR) is 185 cm³/mol. The summed E-state index contributed by atoms with van der Waals surface area (Å²) in [5, 5.41) is 14.2. The van der Waals surface area contributed by atoms with Gasteiger partial charge < -0.3 is 9.47 Å².